The molecular weight excluding hydrogens is 659 g/mol. The van der Waals surface area contributed by atoms with Crippen LogP contribution < -0.4 is 5.43 Å². The van der Waals surface area contributed by atoms with Gasteiger partial charge in [0.05, 0.1) is 22.8 Å². The van der Waals surface area contributed by atoms with Crippen molar-refractivity contribution in [3.05, 3.63) is 198 Å². The smallest absolute Gasteiger partial charge is 0.109 e. The van der Waals surface area contributed by atoms with Crippen LogP contribution in [0.3, 0.4) is 0 Å². The SMILES string of the molecule is CC1(C)c2ccccc2-c2ccc(-c3ccc(N/N=C4/C=C(c5cccc(-c6ccccn6)c5)C=C(c5cccc(-c6ccccn6)c5)C4=N)cc3)cc21. The van der Waals surface area contributed by atoms with Gasteiger partial charge in [-0.1, -0.05) is 111 Å². The average molecular weight is 696 g/mol. The summed E-state index contributed by atoms with van der Waals surface area (Å²) in [6.45, 7) is 4.62. The molecule has 0 fully saturated rings. The zero-order valence-corrected chi connectivity index (χ0v) is 30.1. The lowest BCUT2D eigenvalue weighted by atomic mass is 9.81. The summed E-state index contributed by atoms with van der Waals surface area (Å²) < 4.78 is 0. The van der Waals surface area contributed by atoms with Crippen molar-refractivity contribution in [2.24, 2.45) is 5.10 Å². The molecule has 5 nitrogen and oxygen atoms in total. The van der Waals surface area contributed by atoms with E-state index in [9.17, 15) is 5.41 Å². The molecule has 2 aliphatic carbocycles. The lowest BCUT2D eigenvalue weighted by Crippen LogP contribution is -2.18. The largest absolute Gasteiger partial charge is 0.298 e. The quantitative estimate of drug-likeness (QED) is 0.129. The Morgan fingerprint density at radius 3 is 1.83 bits per heavy atom. The van der Waals surface area contributed by atoms with E-state index in [-0.39, 0.29) is 5.41 Å². The molecule has 0 atom stereocenters. The van der Waals surface area contributed by atoms with Crippen molar-refractivity contribution >= 4 is 28.3 Å². The highest BCUT2D eigenvalue weighted by atomic mass is 15.3. The average Bonchev–Trinajstić information content (AvgIpc) is 3.46. The van der Waals surface area contributed by atoms with Crippen molar-refractivity contribution in [2.45, 2.75) is 19.3 Å². The van der Waals surface area contributed by atoms with E-state index in [2.05, 4.69) is 120 Å². The van der Waals surface area contributed by atoms with Crippen LogP contribution in [0.25, 0.3) is 55.9 Å². The molecule has 5 heteroatoms. The number of pyridine rings is 2. The molecule has 0 saturated heterocycles. The number of nitrogens with one attached hydrogen (secondary N) is 2. The van der Waals surface area contributed by atoms with Gasteiger partial charge in [-0.05, 0) is 117 Å². The van der Waals surface area contributed by atoms with Gasteiger partial charge in [0.25, 0.3) is 0 Å². The third-order valence-corrected chi connectivity index (χ3v) is 10.5. The number of hydrogen-bond acceptors (Lipinski definition) is 5. The van der Waals surface area contributed by atoms with Crippen LogP contribution >= 0.6 is 0 Å². The molecule has 258 valence electrons. The summed E-state index contributed by atoms with van der Waals surface area (Å²) in [5.41, 5.74) is 20.1. The monoisotopic (exact) mass is 695 g/mol. The van der Waals surface area contributed by atoms with Crippen LogP contribution in [0.5, 0.6) is 0 Å². The molecule has 2 heterocycles. The predicted octanol–water partition coefficient (Wildman–Crippen LogP) is 11.8. The number of hydrazone groups is 1. The molecule has 2 aromatic heterocycles. The van der Waals surface area contributed by atoms with Gasteiger partial charge in [0.15, 0.2) is 0 Å². The normalized spacial score (nSPS) is 14.9. The van der Waals surface area contributed by atoms with Crippen LogP contribution in [0.15, 0.2) is 181 Å². The zero-order chi connectivity index (χ0) is 36.6. The van der Waals surface area contributed by atoms with Crippen molar-refractivity contribution in [1.82, 2.24) is 9.97 Å². The van der Waals surface area contributed by atoms with Gasteiger partial charge >= 0.3 is 0 Å². The molecule has 0 aliphatic heterocycles. The second-order valence-corrected chi connectivity index (χ2v) is 14.2. The van der Waals surface area contributed by atoms with Gasteiger partial charge in [-0.3, -0.25) is 20.8 Å². The van der Waals surface area contributed by atoms with Gasteiger partial charge in [0, 0.05) is 34.5 Å². The number of hydrogen-bond donors (Lipinski definition) is 2. The first-order chi connectivity index (χ1) is 26.4. The Hall–Kier alpha value is -6.98. The van der Waals surface area contributed by atoms with E-state index < -0.39 is 0 Å². The molecule has 0 amide bonds. The molecule has 0 bridgehead atoms. The fourth-order valence-electron chi connectivity index (χ4n) is 7.63. The number of nitrogens with zero attached hydrogens (tertiary/aromatic N) is 3. The topological polar surface area (TPSA) is 74.0 Å². The van der Waals surface area contributed by atoms with Gasteiger partial charge in [0.2, 0.25) is 0 Å². The van der Waals surface area contributed by atoms with Crippen LogP contribution in [0, 0.1) is 5.41 Å². The Kier molecular flexibility index (Phi) is 8.24. The van der Waals surface area contributed by atoms with E-state index in [1.807, 2.05) is 79.0 Å². The summed E-state index contributed by atoms with van der Waals surface area (Å²) in [5, 5.41) is 14.2. The number of aromatic nitrogens is 2. The summed E-state index contributed by atoms with van der Waals surface area (Å²) in [6, 6.07) is 52.3. The van der Waals surface area contributed by atoms with Gasteiger partial charge in [-0.25, -0.2) is 0 Å². The van der Waals surface area contributed by atoms with E-state index in [0.717, 1.165) is 56.0 Å². The van der Waals surface area contributed by atoms with Crippen molar-refractivity contribution in [3.8, 4) is 44.8 Å². The Morgan fingerprint density at radius 1 is 0.519 bits per heavy atom. The van der Waals surface area contributed by atoms with Gasteiger partial charge in [0.1, 0.15) is 5.71 Å². The molecule has 0 unspecified atom stereocenters. The second kappa shape index (κ2) is 13.5. The fourth-order valence-corrected chi connectivity index (χ4v) is 7.63. The lowest BCUT2D eigenvalue weighted by molar-refractivity contribution is 0.660. The van der Waals surface area contributed by atoms with Crippen molar-refractivity contribution in [2.75, 3.05) is 5.43 Å². The van der Waals surface area contributed by atoms with Gasteiger partial charge in [-0.15, -0.1) is 0 Å². The molecule has 0 spiro atoms. The summed E-state index contributed by atoms with van der Waals surface area (Å²) in [4.78, 5) is 9.14. The molecule has 54 heavy (non-hydrogen) atoms. The van der Waals surface area contributed by atoms with E-state index in [4.69, 9.17) is 5.10 Å². The van der Waals surface area contributed by atoms with Crippen LogP contribution in [0.1, 0.15) is 36.1 Å². The minimum atomic E-state index is -0.0524. The summed E-state index contributed by atoms with van der Waals surface area (Å²) in [7, 11) is 0. The van der Waals surface area contributed by atoms with E-state index in [1.54, 1.807) is 6.20 Å². The Morgan fingerprint density at radius 2 is 1.13 bits per heavy atom. The summed E-state index contributed by atoms with van der Waals surface area (Å²) >= 11 is 0. The fraction of sp³-hybridized carbons (Fsp3) is 0.0612. The first-order valence-electron chi connectivity index (χ1n) is 18.2. The van der Waals surface area contributed by atoms with E-state index >= 15 is 0 Å². The van der Waals surface area contributed by atoms with Crippen molar-refractivity contribution < 1.29 is 0 Å². The first-order valence-corrected chi connectivity index (χ1v) is 18.2. The van der Waals surface area contributed by atoms with E-state index in [1.165, 1.54) is 27.8 Å². The maximum atomic E-state index is 9.39. The number of anilines is 1. The van der Waals surface area contributed by atoms with Crippen LogP contribution in [-0.2, 0) is 5.41 Å². The molecule has 7 aromatic rings. The minimum Gasteiger partial charge on any atom is -0.298 e. The van der Waals surface area contributed by atoms with Crippen molar-refractivity contribution in [3.63, 3.8) is 0 Å². The second-order valence-electron chi connectivity index (χ2n) is 14.2. The molecule has 5 aromatic carbocycles. The molecule has 2 aliphatic rings. The summed E-state index contributed by atoms with van der Waals surface area (Å²) in [5.74, 6) is 0. The predicted molar refractivity (Wildman–Crippen MR) is 224 cm³/mol. The van der Waals surface area contributed by atoms with Crippen LogP contribution in [0.4, 0.5) is 5.69 Å². The first kappa shape index (κ1) is 32.9. The Labute approximate surface area is 315 Å². The number of benzene rings is 5. The minimum absolute atomic E-state index is 0.0524. The molecule has 0 radical (unpaired) electrons. The van der Waals surface area contributed by atoms with Crippen LogP contribution in [-0.4, -0.2) is 21.4 Å². The Balaban J connectivity index is 1.04. The van der Waals surface area contributed by atoms with Gasteiger partial charge in [-0.2, -0.15) is 5.10 Å². The highest BCUT2D eigenvalue weighted by Crippen LogP contribution is 2.49. The molecule has 2 N–H and O–H groups in total. The van der Waals surface area contributed by atoms with Crippen molar-refractivity contribution in [1.29, 1.82) is 5.41 Å². The number of rotatable bonds is 7. The third kappa shape index (κ3) is 6.06. The van der Waals surface area contributed by atoms with Crippen LogP contribution in [0.2, 0.25) is 0 Å². The molecule has 9 rings (SSSR count). The lowest BCUT2D eigenvalue weighted by Gasteiger charge is -2.22. The summed E-state index contributed by atoms with van der Waals surface area (Å²) in [6.07, 6.45) is 7.68. The maximum absolute atomic E-state index is 9.39. The highest BCUT2D eigenvalue weighted by molar-refractivity contribution is 6.62. The van der Waals surface area contributed by atoms with E-state index in [0.29, 0.717) is 11.4 Å². The number of fused-ring (bicyclic) bond motifs is 3. The molecule has 0 saturated carbocycles. The maximum Gasteiger partial charge on any atom is 0.109 e. The highest BCUT2D eigenvalue weighted by Gasteiger charge is 2.35. The third-order valence-electron chi connectivity index (χ3n) is 10.5. The zero-order valence-electron chi connectivity index (χ0n) is 30.1. The number of allylic oxidation sites excluding steroid dienone is 4. The Bertz CT molecular complexity index is 2650. The standard InChI is InChI=1S/C49H37N5/c1-49(2)43-16-4-3-15-40(43)41-24-21-34(30-44(41)49)32-19-22-39(23-20-32)53-54-47-31-38(33-11-9-13-36(27-33)45-17-5-7-25-51-45)29-42(48(47)50)35-12-10-14-37(28-35)46-18-6-8-26-52-46/h3-31,50,53H,1-2H3/b50-48?,54-47-. The molecular formula is C49H37N5. The van der Waals surface area contributed by atoms with Gasteiger partial charge < -0.3 is 0 Å².